The number of nitrogens with one attached hydrogen (secondary N) is 1. The summed E-state index contributed by atoms with van der Waals surface area (Å²) < 4.78 is 5.36. The maximum atomic E-state index is 12.2. The van der Waals surface area contributed by atoms with Crippen LogP contribution in [0, 0.1) is 5.41 Å². The number of carboxylic acid groups (broad SMARTS) is 1. The molecule has 1 heterocycles. The predicted molar refractivity (Wildman–Crippen MR) is 68.5 cm³/mol. The van der Waals surface area contributed by atoms with Crippen molar-refractivity contribution in [3.05, 3.63) is 0 Å². The number of ether oxygens (including phenoxy) is 1. The number of carbonyl (C=O) groups is 2. The second-order valence-corrected chi connectivity index (χ2v) is 5.56. The van der Waals surface area contributed by atoms with Crippen LogP contribution in [0.4, 0.5) is 0 Å². The SMILES string of the molecule is NCC1(C(=O)NCC2CCC(C(=O)O)O2)CCCC1. The molecule has 1 amide bonds. The van der Waals surface area contributed by atoms with Gasteiger partial charge in [-0.2, -0.15) is 0 Å². The van der Waals surface area contributed by atoms with Gasteiger partial charge >= 0.3 is 5.97 Å². The van der Waals surface area contributed by atoms with Gasteiger partial charge in [0.15, 0.2) is 6.10 Å². The van der Waals surface area contributed by atoms with Gasteiger partial charge in [-0.25, -0.2) is 4.79 Å². The molecule has 0 spiro atoms. The second-order valence-electron chi connectivity index (χ2n) is 5.56. The van der Waals surface area contributed by atoms with Gasteiger partial charge in [-0.15, -0.1) is 0 Å². The van der Waals surface area contributed by atoms with E-state index in [1.54, 1.807) is 0 Å². The molecule has 0 radical (unpaired) electrons. The molecule has 6 nitrogen and oxygen atoms in total. The Morgan fingerprint density at radius 3 is 2.53 bits per heavy atom. The molecule has 1 saturated carbocycles. The maximum absolute atomic E-state index is 12.2. The quantitative estimate of drug-likeness (QED) is 0.665. The van der Waals surface area contributed by atoms with E-state index in [1.807, 2.05) is 0 Å². The van der Waals surface area contributed by atoms with Crippen LogP contribution >= 0.6 is 0 Å². The lowest BCUT2D eigenvalue weighted by Gasteiger charge is -2.26. The minimum absolute atomic E-state index is 0.00475. The molecule has 1 aliphatic carbocycles. The zero-order valence-electron chi connectivity index (χ0n) is 11.1. The highest BCUT2D eigenvalue weighted by molar-refractivity contribution is 5.83. The normalized spacial score (nSPS) is 29.3. The van der Waals surface area contributed by atoms with Crippen molar-refractivity contribution in [1.29, 1.82) is 0 Å². The van der Waals surface area contributed by atoms with E-state index in [0.717, 1.165) is 25.7 Å². The smallest absolute Gasteiger partial charge is 0.332 e. The Hall–Kier alpha value is -1.14. The zero-order chi connectivity index (χ0) is 13.9. The second kappa shape index (κ2) is 5.88. The number of carbonyl (C=O) groups excluding carboxylic acids is 1. The van der Waals surface area contributed by atoms with E-state index in [9.17, 15) is 9.59 Å². The molecule has 0 aromatic rings. The first kappa shape index (κ1) is 14.3. The first-order valence-electron chi connectivity index (χ1n) is 6.94. The van der Waals surface area contributed by atoms with E-state index in [1.165, 1.54) is 0 Å². The lowest BCUT2D eigenvalue weighted by molar-refractivity contribution is -0.149. The summed E-state index contributed by atoms with van der Waals surface area (Å²) in [5.41, 5.74) is 5.33. The van der Waals surface area contributed by atoms with Crippen molar-refractivity contribution in [3.8, 4) is 0 Å². The van der Waals surface area contributed by atoms with Crippen LogP contribution in [0.5, 0.6) is 0 Å². The van der Waals surface area contributed by atoms with Gasteiger partial charge in [0.2, 0.25) is 5.91 Å². The van der Waals surface area contributed by atoms with Gasteiger partial charge < -0.3 is 20.9 Å². The third-order valence-electron chi connectivity index (χ3n) is 4.31. The van der Waals surface area contributed by atoms with Gasteiger partial charge in [0, 0.05) is 13.1 Å². The van der Waals surface area contributed by atoms with Crippen LogP contribution in [0.15, 0.2) is 0 Å². The van der Waals surface area contributed by atoms with Crippen molar-refractivity contribution < 1.29 is 19.4 Å². The lowest BCUT2D eigenvalue weighted by atomic mass is 9.85. The summed E-state index contributed by atoms with van der Waals surface area (Å²) in [5.74, 6) is -0.932. The summed E-state index contributed by atoms with van der Waals surface area (Å²) in [6.45, 7) is 0.756. The van der Waals surface area contributed by atoms with E-state index in [-0.39, 0.29) is 12.0 Å². The zero-order valence-corrected chi connectivity index (χ0v) is 11.1. The Kier molecular flexibility index (Phi) is 4.42. The van der Waals surface area contributed by atoms with Gasteiger partial charge in [-0.3, -0.25) is 4.79 Å². The molecule has 2 aliphatic rings. The molecule has 0 aromatic heterocycles. The van der Waals surface area contributed by atoms with Crippen molar-refractivity contribution in [3.63, 3.8) is 0 Å². The molecule has 4 N–H and O–H groups in total. The Bertz CT molecular complexity index is 353. The van der Waals surface area contributed by atoms with Gasteiger partial charge in [-0.1, -0.05) is 12.8 Å². The third kappa shape index (κ3) is 3.06. The van der Waals surface area contributed by atoms with Gasteiger partial charge in [-0.05, 0) is 25.7 Å². The summed E-state index contributed by atoms with van der Waals surface area (Å²) in [6.07, 6.45) is 4.05. The first-order valence-corrected chi connectivity index (χ1v) is 6.94. The average Bonchev–Trinajstić information content (AvgIpc) is 3.05. The third-order valence-corrected chi connectivity index (χ3v) is 4.31. The Morgan fingerprint density at radius 1 is 1.32 bits per heavy atom. The standard InChI is InChI=1S/C13H22N2O4/c14-8-13(5-1-2-6-13)12(18)15-7-9-3-4-10(19-9)11(16)17/h9-10H,1-8,14H2,(H,15,18)(H,16,17). The highest BCUT2D eigenvalue weighted by Crippen LogP contribution is 2.37. The lowest BCUT2D eigenvalue weighted by Crippen LogP contribution is -2.46. The summed E-state index contributed by atoms with van der Waals surface area (Å²) >= 11 is 0. The molecule has 0 aromatic carbocycles. The molecule has 0 bridgehead atoms. The molecule has 2 fully saturated rings. The fraction of sp³-hybridized carbons (Fsp3) is 0.846. The Morgan fingerprint density at radius 2 is 2.00 bits per heavy atom. The average molecular weight is 270 g/mol. The summed E-state index contributed by atoms with van der Waals surface area (Å²) in [5, 5.41) is 11.7. The largest absolute Gasteiger partial charge is 0.479 e. The fourth-order valence-corrected chi connectivity index (χ4v) is 3.01. The fourth-order valence-electron chi connectivity index (χ4n) is 3.01. The van der Waals surface area contributed by atoms with Crippen molar-refractivity contribution in [2.45, 2.75) is 50.7 Å². The van der Waals surface area contributed by atoms with Crippen LogP contribution in [0.1, 0.15) is 38.5 Å². The number of carboxylic acids is 1. The Labute approximate surface area is 112 Å². The highest BCUT2D eigenvalue weighted by atomic mass is 16.5. The van der Waals surface area contributed by atoms with E-state index in [0.29, 0.717) is 25.9 Å². The minimum Gasteiger partial charge on any atom is -0.479 e. The minimum atomic E-state index is -0.928. The first-order chi connectivity index (χ1) is 9.07. The molecular weight excluding hydrogens is 248 g/mol. The number of hydrogen-bond acceptors (Lipinski definition) is 4. The van der Waals surface area contributed by atoms with E-state index in [2.05, 4.69) is 5.32 Å². The molecule has 1 saturated heterocycles. The topological polar surface area (TPSA) is 102 Å². The monoisotopic (exact) mass is 270 g/mol. The molecule has 19 heavy (non-hydrogen) atoms. The molecule has 2 unspecified atom stereocenters. The van der Waals surface area contributed by atoms with Crippen LogP contribution in [-0.4, -0.2) is 42.3 Å². The maximum Gasteiger partial charge on any atom is 0.332 e. The summed E-state index contributed by atoms with van der Waals surface area (Å²) in [7, 11) is 0. The van der Waals surface area contributed by atoms with Gasteiger partial charge in [0.25, 0.3) is 0 Å². The number of amides is 1. The van der Waals surface area contributed by atoms with E-state index >= 15 is 0 Å². The van der Waals surface area contributed by atoms with E-state index < -0.39 is 17.5 Å². The molecule has 6 heteroatoms. The summed E-state index contributed by atoms with van der Waals surface area (Å²) in [6, 6.07) is 0. The van der Waals surface area contributed by atoms with Crippen LogP contribution < -0.4 is 11.1 Å². The molecule has 108 valence electrons. The number of rotatable bonds is 5. The molecular formula is C13H22N2O4. The van der Waals surface area contributed by atoms with Crippen LogP contribution in [-0.2, 0) is 14.3 Å². The van der Waals surface area contributed by atoms with Crippen LogP contribution in [0.2, 0.25) is 0 Å². The van der Waals surface area contributed by atoms with Gasteiger partial charge in [0.1, 0.15) is 0 Å². The number of hydrogen-bond donors (Lipinski definition) is 3. The molecule has 2 atom stereocenters. The van der Waals surface area contributed by atoms with Crippen molar-refractivity contribution >= 4 is 11.9 Å². The van der Waals surface area contributed by atoms with Crippen LogP contribution in [0.25, 0.3) is 0 Å². The molecule has 2 rings (SSSR count). The molecule has 1 aliphatic heterocycles. The highest BCUT2D eigenvalue weighted by Gasteiger charge is 2.40. The van der Waals surface area contributed by atoms with Crippen LogP contribution in [0.3, 0.4) is 0 Å². The summed E-state index contributed by atoms with van der Waals surface area (Å²) in [4.78, 5) is 23.0. The predicted octanol–water partition coefficient (Wildman–Crippen LogP) is 0.254. The van der Waals surface area contributed by atoms with Crippen molar-refractivity contribution in [2.75, 3.05) is 13.1 Å². The van der Waals surface area contributed by atoms with Gasteiger partial charge in [0.05, 0.1) is 11.5 Å². The Balaban J connectivity index is 1.79. The van der Waals surface area contributed by atoms with Crippen molar-refractivity contribution in [1.82, 2.24) is 5.32 Å². The van der Waals surface area contributed by atoms with E-state index in [4.69, 9.17) is 15.6 Å². The number of nitrogens with two attached hydrogens (primary N) is 1. The number of aliphatic carboxylic acids is 1. The van der Waals surface area contributed by atoms with Crippen molar-refractivity contribution in [2.24, 2.45) is 11.1 Å².